The molecule has 1 N–H and O–H groups in total. The molecule has 0 saturated carbocycles. The van der Waals surface area contributed by atoms with Gasteiger partial charge in [-0.25, -0.2) is 8.78 Å². The van der Waals surface area contributed by atoms with Crippen molar-refractivity contribution in [3.63, 3.8) is 0 Å². The summed E-state index contributed by atoms with van der Waals surface area (Å²) in [5, 5.41) is 2.79. The smallest absolute Gasteiger partial charge is 0.251 e. The molecule has 2 aromatic carbocycles. The molecule has 0 aliphatic carbocycles. The van der Waals surface area contributed by atoms with Crippen LogP contribution >= 0.6 is 0 Å². The number of carbonyl (C=O) groups is 1. The van der Waals surface area contributed by atoms with Gasteiger partial charge in [0.1, 0.15) is 0 Å². The summed E-state index contributed by atoms with van der Waals surface area (Å²) < 4.78 is 25.9. The molecule has 0 aliphatic rings. The molecule has 0 saturated heterocycles. The molecule has 1 unspecified atom stereocenters. The molecule has 0 bridgehead atoms. The number of halogens is 2. The van der Waals surface area contributed by atoms with Gasteiger partial charge in [0.05, 0.1) is 0 Å². The second-order valence-corrected chi connectivity index (χ2v) is 5.03. The lowest BCUT2D eigenvalue weighted by Gasteiger charge is -2.14. The van der Waals surface area contributed by atoms with Crippen LogP contribution in [0.4, 0.5) is 8.78 Å². The zero-order valence-electron chi connectivity index (χ0n) is 11.8. The quantitative estimate of drug-likeness (QED) is 0.893. The van der Waals surface area contributed by atoms with E-state index >= 15 is 0 Å². The van der Waals surface area contributed by atoms with E-state index < -0.39 is 17.5 Å². The van der Waals surface area contributed by atoms with Crippen molar-refractivity contribution in [2.75, 3.05) is 0 Å². The Hall–Kier alpha value is -2.23. The third kappa shape index (κ3) is 4.38. The molecule has 2 nitrogen and oxygen atoms in total. The highest BCUT2D eigenvalue weighted by atomic mass is 19.2. The van der Waals surface area contributed by atoms with Crippen LogP contribution in [0.3, 0.4) is 0 Å². The van der Waals surface area contributed by atoms with Crippen molar-refractivity contribution in [3.05, 3.63) is 71.3 Å². The Balaban J connectivity index is 1.88. The van der Waals surface area contributed by atoms with Crippen molar-refractivity contribution in [2.45, 2.75) is 25.8 Å². The average molecular weight is 289 g/mol. The Morgan fingerprint density at radius 3 is 2.48 bits per heavy atom. The number of carbonyl (C=O) groups excluding carboxylic acids is 1. The van der Waals surface area contributed by atoms with Crippen LogP contribution < -0.4 is 5.32 Å². The van der Waals surface area contributed by atoms with Crippen LogP contribution in [0.15, 0.2) is 48.5 Å². The lowest BCUT2D eigenvalue weighted by molar-refractivity contribution is 0.0938. The highest BCUT2D eigenvalue weighted by molar-refractivity contribution is 5.94. The zero-order valence-corrected chi connectivity index (χ0v) is 11.8. The van der Waals surface area contributed by atoms with Crippen LogP contribution in [0.5, 0.6) is 0 Å². The summed E-state index contributed by atoms with van der Waals surface area (Å²) in [4.78, 5) is 11.9. The van der Waals surface area contributed by atoms with Gasteiger partial charge in [-0.2, -0.15) is 0 Å². The average Bonchev–Trinajstić information content (AvgIpc) is 2.49. The van der Waals surface area contributed by atoms with E-state index in [9.17, 15) is 13.6 Å². The number of nitrogens with one attached hydrogen (secondary N) is 1. The van der Waals surface area contributed by atoms with Crippen molar-refractivity contribution >= 4 is 5.91 Å². The van der Waals surface area contributed by atoms with Crippen LogP contribution in [-0.4, -0.2) is 11.9 Å². The van der Waals surface area contributed by atoms with Crippen LogP contribution in [0.2, 0.25) is 0 Å². The monoisotopic (exact) mass is 289 g/mol. The topological polar surface area (TPSA) is 29.1 Å². The number of hydrogen-bond donors (Lipinski definition) is 1. The molecule has 0 aliphatic heterocycles. The molecule has 1 atom stereocenters. The summed E-state index contributed by atoms with van der Waals surface area (Å²) in [5.74, 6) is -2.36. The summed E-state index contributed by atoms with van der Waals surface area (Å²) in [6.45, 7) is 1.89. The molecule has 110 valence electrons. The van der Waals surface area contributed by atoms with E-state index in [0.29, 0.717) is 0 Å². The van der Waals surface area contributed by atoms with E-state index in [1.54, 1.807) is 0 Å². The Morgan fingerprint density at radius 1 is 1.10 bits per heavy atom. The highest BCUT2D eigenvalue weighted by Crippen LogP contribution is 2.10. The van der Waals surface area contributed by atoms with Crippen LogP contribution in [0.1, 0.15) is 29.3 Å². The van der Waals surface area contributed by atoms with Gasteiger partial charge in [0.2, 0.25) is 0 Å². The van der Waals surface area contributed by atoms with Gasteiger partial charge in [0, 0.05) is 11.6 Å². The summed E-state index contributed by atoms with van der Waals surface area (Å²) in [6.07, 6.45) is 1.62. The molecule has 0 fully saturated rings. The van der Waals surface area contributed by atoms with E-state index in [1.165, 1.54) is 11.6 Å². The fourth-order valence-corrected chi connectivity index (χ4v) is 2.04. The van der Waals surface area contributed by atoms with E-state index in [4.69, 9.17) is 0 Å². The molecule has 1 amide bonds. The zero-order chi connectivity index (χ0) is 15.2. The van der Waals surface area contributed by atoms with Crippen molar-refractivity contribution in [1.82, 2.24) is 5.32 Å². The van der Waals surface area contributed by atoms with Crippen molar-refractivity contribution < 1.29 is 13.6 Å². The van der Waals surface area contributed by atoms with Gasteiger partial charge in [0.15, 0.2) is 11.6 Å². The van der Waals surface area contributed by atoms with Crippen LogP contribution in [0.25, 0.3) is 0 Å². The lowest BCUT2D eigenvalue weighted by atomic mass is 10.1. The fourth-order valence-electron chi connectivity index (χ4n) is 2.04. The molecule has 0 heterocycles. The maximum atomic E-state index is 13.1. The van der Waals surface area contributed by atoms with Gasteiger partial charge >= 0.3 is 0 Å². The van der Waals surface area contributed by atoms with Gasteiger partial charge in [-0.1, -0.05) is 30.3 Å². The first kappa shape index (κ1) is 15.2. The predicted octanol–water partition coefficient (Wildman–Crippen LogP) is 3.72. The first-order valence-corrected chi connectivity index (χ1v) is 6.86. The first-order chi connectivity index (χ1) is 10.1. The van der Waals surface area contributed by atoms with Crippen LogP contribution in [0, 0.1) is 11.6 Å². The third-order valence-electron chi connectivity index (χ3n) is 3.27. The second kappa shape index (κ2) is 6.97. The minimum Gasteiger partial charge on any atom is -0.350 e. The van der Waals surface area contributed by atoms with Gasteiger partial charge in [0.25, 0.3) is 5.91 Å². The maximum Gasteiger partial charge on any atom is 0.251 e. The second-order valence-electron chi connectivity index (χ2n) is 5.03. The van der Waals surface area contributed by atoms with E-state index in [-0.39, 0.29) is 11.6 Å². The Morgan fingerprint density at radius 2 is 1.81 bits per heavy atom. The standard InChI is InChI=1S/C17H17F2NO/c1-12(7-8-13-5-3-2-4-6-13)20-17(21)14-9-10-15(18)16(19)11-14/h2-6,9-12H,7-8H2,1H3,(H,20,21). The third-order valence-corrected chi connectivity index (χ3v) is 3.27. The van der Waals surface area contributed by atoms with Crippen molar-refractivity contribution in [1.29, 1.82) is 0 Å². The number of hydrogen-bond acceptors (Lipinski definition) is 1. The number of rotatable bonds is 5. The minimum absolute atomic E-state index is 0.0502. The number of aryl methyl sites for hydroxylation is 1. The Bertz CT molecular complexity index is 613. The van der Waals surface area contributed by atoms with Crippen LogP contribution in [-0.2, 0) is 6.42 Å². The SMILES string of the molecule is CC(CCc1ccccc1)NC(=O)c1ccc(F)c(F)c1. The first-order valence-electron chi connectivity index (χ1n) is 6.86. The molecular formula is C17H17F2NO. The van der Waals surface area contributed by atoms with E-state index in [1.807, 2.05) is 37.3 Å². The normalized spacial score (nSPS) is 12.0. The molecule has 0 spiro atoms. The summed E-state index contributed by atoms with van der Waals surface area (Å²) in [6, 6.07) is 13.1. The molecule has 2 rings (SSSR count). The van der Waals surface area contributed by atoms with Gasteiger partial charge < -0.3 is 5.32 Å². The minimum atomic E-state index is -1.01. The van der Waals surface area contributed by atoms with Gasteiger partial charge in [-0.3, -0.25) is 4.79 Å². The fraction of sp³-hybridized carbons (Fsp3) is 0.235. The lowest BCUT2D eigenvalue weighted by Crippen LogP contribution is -2.33. The van der Waals surface area contributed by atoms with E-state index in [2.05, 4.69) is 5.32 Å². The largest absolute Gasteiger partial charge is 0.350 e. The van der Waals surface area contributed by atoms with Gasteiger partial charge in [-0.05, 0) is 43.5 Å². The Kier molecular flexibility index (Phi) is 5.04. The summed E-state index contributed by atoms with van der Waals surface area (Å²) in [5.41, 5.74) is 1.33. The van der Waals surface area contributed by atoms with Crippen molar-refractivity contribution in [2.24, 2.45) is 0 Å². The Labute approximate surface area is 122 Å². The molecule has 4 heteroatoms. The number of amides is 1. The number of benzene rings is 2. The van der Waals surface area contributed by atoms with E-state index in [0.717, 1.165) is 25.0 Å². The molecule has 2 aromatic rings. The predicted molar refractivity (Wildman–Crippen MR) is 78.0 cm³/mol. The van der Waals surface area contributed by atoms with Crippen molar-refractivity contribution in [3.8, 4) is 0 Å². The molecule has 21 heavy (non-hydrogen) atoms. The maximum absolute atomic E-state index is 13.1. The molecule has 0 aromatic heterocycles. The summed E-state index contributed by atoms with van der Waals surface area (Å²) >= 11 is 0. The summed E-state index contributed by atoms with van der Waals surface area (Å²) in [7, 11) is 0. The molecular weight excluding hydrogens is 272 g/mol. The highest BCUT2D eigenvalue weighted by Gasteiger charge is 2.12. The van der Waals surface area contributed by atoms with Gasteiger partial charge in [-0.15, -0.1) is 0 Å². The molecule has 0 radical (unpaired) electrons.